The van der Waals surface area contributed by atoms with Crippen molar-refractivity contribution in [1.82, 2.24) is 0 Å². The Morgan fingerprint density at radius 2 is 1.48 bits per heavy atom. The largest absolute Gasteiger partial charge is 0.497 e. The van der Waals surface area contributed by atoms with Crippen molar-refractivity contribution in [3.63, 3.8) is 0 Å². The summed E-state index contributed by atoms with van der Waals surface area (Å²) in [5.41, 5.74) is 3.34. The van der Waals surface area contributed by atoms with Crippen LogP contribution in [0.3, 0.4) is 0 Å². The fourth-order valence-electron chi connectivity index (χ4n) is 2.83. The van der Waals surface area contributed by atoms with Gasteiger partial charge in [0.25, 0.3) is 0 Å². The van der Waals surface area contributed by atoms with E-state index in [0.717, 1.165) is 31.2 Å². The molecule has 134 valence electrons. The van der Waals surface area contributed by atoms with Crippen LogP contribution in [0.4, 0.5) is 0 Å². The maximum absolute atomic E-state index is 5.32. The second-order valence-corrected chi connectivity index (χ2v) is 8.91. The monoisotopic (exact) mass is 408 g/mol. The predicted molar refractivity (Wildman–Crippen MR) is 116 cm³/mol. The summed E-state index contributed by atoms with van der Waals surface area (Å²) >= 11 is 8.26. The normalized spacial score (nSPS) is 10.7. The third kappa shape index (κ3) is 3.90. The van der Waals surface area contributed by atoms with E-state index in [2.05, 4.69) is 65.2 Å². The van der Waals surface area contributed by atoms with Crippen molar-refractivity contribution in [2.75, 3.05) is 7.11 Å². The Hall–Kier alpha value is -2.21. The van der Waals surface area contributed by atoms with Crippen LogP contribution in [-0.4, -0.2) is 7.11 Å². The molecule has 27 heavy (non-hydrogen) atoms. The Balaban J connectivity index is 1.88. The number of benzene rings is 3. The first-order chi connectivity index (χ1) is 13.3. The molecule has 0 saturated heterocycles. The topological polar surface area (TPSA) is 13.1 Å². The predicted octanol–water partition coefficient (Wildman–Crippen LogP) is 6.14. The molecule has 0 unspecified atom stereocenters. The van der Waals surface area contributed by atoms with Crippen molar-refractivity contribution in [1.29, 1.82) is 0 Å². The van der Waals surface area contributed by atoms with E-state index in [1.807, 2.05) is 24.3 Å². The van der Waals surface area contributed by atoms with Crippen molar-refractivity contribution in [2.45, 2.75) is 13.4 Å². The van der Waals surface area contributed by atoms with Crippen molar-refractivity contribution in [3.05, 3.63) is 84.9 Å². The van der Waals surface area contributed by atoms with Gasteiger partial charge < -0.3 is 4.74 Å². The number of aromatic nitrogens is 1. The average Bonchev–Trinajstić information content (AvgIpc) is 3.05. The molecule has 0 spiro atoms. The van der Waals surface area contributed by atoms with Gasteiger partial charge in [0, 0.05) is 22.6 Å². The summed E-state index contributed by atoms with van der Waals surface area (Å²) in [7, 11) is 1.69. The molecule has 1 aromatic heterocycles. The maximum atomic E-state index is 5.32. The van der Waals surface area contributed by atoms with Gasteiger partial charge in [0.15, 0.2) is 0 Å². The highest BCUT2D eigenvalue weighted by atomic mass is 32.2. The lowest BCUT2D eigenvalue weighted by molar-refractivity contribution is -0.618. The number of methoxy groups -OCH3 is 1. The van der Waals surface area contributed by atoms with Gasteiger partial charge in [0.1, 0.15) is 9.96 Å². The Kier molecular flexibility index (Phi) is 5.53. The number of thiazole rings is 1. The molecule has 2 nitrogen and oxygen atoms in total. The fourth-order valence-corrected chi connectivity index (χ4v) is 5.76. The molecular formula is C22H18NOS3+. The number of nitrogens with zero attached hydrogens (tertiary/aromatic N) is 1. The minimum Gasteiger partial charge on any atom is -0.497 e. The first kappa shape index (κ1) is 18.2. The smallest absolute Gasteiger partial charge is 0.309 e. The Morgan fingerprint density at radius 3 is 2.11 bits per heavy atom. The third-order valence-corrected chi connectivity index (χ3v) is 6.71. The average molecular weight is 409 g/mol. The van der Waals surface area contributed by atoms with E-state index in [-0.39, 0.29) is 0 Å². The second-order valence-electron chi connectivity index (χ2n) is 5.84. The molecule has 0 bridgehead atoms. The van der Waals surface area contributed by atoms with Gasteiger partial charge >= 0.3 is 4.34 Å². The van der Waals surface area contributed by atoms with Gasteiger partial charge in [-0.25, -0.2) is 0 Å². The van der Waals surface area contributed by atoms with Crippen LogP contribution >= 0.6 is 35.7 Å². The van der Waals surface area contributed by atoms with Crippen LogP contribution in [0.1, 0.15) is 0 Å². The zero-order chi connectivity index (χ0) is 18.6. The fraction of sp³-hybridized carbons (Fsp3) is 0.0455. The molecule has 4 aromatic rings. The lowest BCUT2D eigenvalue weighted by Gasteiger charge is -2.04. The third-order valence-electron chi connectivity index (χ3n) is 4.12. The molecular weight excluding hydrogens is 390 g/mol. The summed E-state index contributed by atoms with van der Waals surface area (Å²) in [6, 6.07) is 29.0. The summed E-state index contributed by atoms with van der Waals surface area (Å²) in [6.45, 7) is 0. The summed E-state index contributed by atoms with van der Waals surface area (Å²) in [4.78, 5) is 1.20. The van der Waals surface area contributed by atoms with Crippen LogP contribution in [0.5, 0.6) is 5.75 Å². The van der Waals surface area contributed by atoms with E-state index in [4.69, 9.17) is 17.4 Å². The van der Waals surface area contributed by atoms with Crippen molar-refractivity contribution in [3.8, 4) is 22.7 Å². The van der Waals surface area contributed by atoms with Crippen LogP contribution in [-0.2, 0) is 0 Å². The highest BCUT2D eigenvalue weighted by molar-refractivity contribution is 8.01. The molecule has 0 radical (unpaired) electrons. The van der Waals surface area contributed by atoms with Crippen molar-refractivity contribution < 1.29 is 9.30 Å². The number of rotatable bonds is 5. The van der Waals surface area contributed by atoms with E-state index in [1.54, 1.807) is 30.2 Å². The molecule has 1 heterocycles. The van der Waals surface area contributed by atoms with E-state index < -0.39 is 0 Å². The molecule has 3 aromatic carbocycles. The Labute approximate surface area is 172 Å². The molecule has 0 amide bonds. The highest BCUT2D eigenvalue weighted by Crippen LogP contribution is 2.38. The standard InChI is InChI=1S/C22H17NOS3/c1-24-18-14-12-17(13-15-18)23-20(16-8-4-2-5-9-16)21(25)27-22(23)26-19-10-6-3-7-11-19/h2-15H,1H3/p+1. The van der Waals surface area contributed by atoms with E-state index in [0.29, 0.717) is 0 Å². The molecule has 0 N–H and O–H groups in total. The zero-order valence-electron chi connectivity index (χ0n) is 14.7. The highest BCUT2D eigenvalue weighted by Gasteiger charge is 2.29. The van der Waals surface area contributed by atoms with Crippen LogP contribution < -0.4 is 9.30 Å². The molecule has 0 saturated carbocycles. The first-order valence-electron chi connectivity index (χ1n) is 8.47. The lowest BCUT2D eigenvalue weighted by atomic mass is 10.1. The van der Waals surface area contributed by atoms with Gasteiger partial charge in [0.05, 0.1) is 7.11 Å². The molecule has 5 heteroatoms. The van der Waals surface area contributed by atoms with E-state index >= 15 is 0 Å². The van der Waals surface area contributed by atoms with Gasteiger partial charge in [0.2, 0.25) is 11.4 Å². The Morgan fingerprint density at radius 1 is 0.852 bits per heavy atom. The summed E-state index contributed by atoms with van der Waals surface area (Å²) in [6.07, 6.45) is 0. The van der Waals surface area contributed by atoms with Gasteiger partial charge in [-0.1, -0.05) is 36.4 Å². The number of ether oxygens (including phenoxy) is 1. The number of thiol groups is 1. The zero-order valence-corrected chi connectivity index (χ0v) is 17.2. The molecule has 0 aliphatic rings. The summed E-state index contributed by atoms with van der Waals surface area (Å²) in [5.74, 6) is 0.846. The van der Waals surface area contributed by atoms with Crippen LogP contribution in [0.2, 0.25) is 0 Å². The second kappa shape index (κ2) is 8.21. The summed E-state index contributed by atoms with van der Waals surface area (Å²) < 4.78 is 9.76. The number of hydrogen-bond donors (Lipinski definition) is 1. The molecule has 0 aliphatic heterocycles. The van der Waals surface area contributed by atoms with Crippen molar-refractivity contribution in [2.24, 2.45) is 0 Å². The SMILES string of the molecule is COc1ccc(-[n+]2c(Sc3ccccc3)sc(S)c2-c2ccccc2)cc1. The Bertz CT molecular complexity index is 1030. The van der Waals surface area contributed by atoms with Crippen molar-refractivity contribution >= 4 is 35.7 Å². The summed E-state index contributed by atoms with van der Waals surface area (Å²) in [5, 5.41) is 0. The van der Waals surface area contributed by atoms with Crippen LogP contribution in [0.25, 0.3) is 16.9 Å². The van der Waals surface area contributed by atoms with Crippen LogP contribution in [0, 0.1) is 0 Å². The molecule has 0 aliphatic carbocycles. The van der Waals surface area contributed by atoms with E-state index in [1.165, 1.54) is 4.90 Å². The number of hydrogen-bond acceptors (Lipinski definition) is 4. The quantitative estimate of drug-likeness (QED) is 0.315. The molecule has 4 rings (SSSR count). The lowest BCUT2D eigenvalue weighted by Crippen LogP contribution is -2.33. The maximum Gasteiger partial charge on any atom is 0.309 e. The van der Waals surface area contributed by atoms with Crippen LogP contribution in [0.15, 0.2) is 98.4 Å². The first-order valence-corrected chi connectivity index (χ1v) is 10.5. The molecule has 0 fully saturated rings. The van der Waals surface area contributed by atoms with Gasteiger partial charge in [-0.3, -0.25) is 0 Å². The minimum atomic E-state index is 0.846. The van der Waals surface area contributed by atoms with E-state index in [9.17, 15) is 0 Å². The molecule has 0 atom stereocenters. The van der Waals surface area contributed by atoms with Gasteiger partial charge in [-0.15, -0.1) is 17.2 Å². The van der Waals surface area contributed by atoms with Gasteiger partial charge in [-0.2, -0.15) is 0 Å². The minimum absolute atomic E-state index is 0.846. The van der Waals surface area contributed by atoms with Gasteiger partial charge in [-0.05, 0) is 59.5 Å².